The Morgan fingerprint density at radius 3 is 2.07 bits per heavy atom. The Labute approximate surface area is 146 Å². The smallest absolute Gasteiger partial charge is 0.337 e. The van der Waals surface area contributed by atoms with E-state index in [0.29, 0.717) is 12.3 Å². The monoisotopic (exact) mass is 389 g/mol. The molecule has 3 rings (SSSR count). The predicted molar refractivity (Wildman–Crippen MR) is 79.5 cm³/mol. The summed E-state index contributed by atoms with van der Waals surface area (Å²) in [5, 5.41) is 3.57. The summed E-state index contributed by atoms with van der Waals surface area (Å²) in [4.78, 5) is 15.6. The van der Waals surface area contributed by atoms with E-state index >= 15 is 0 Å². The Hall–Kier alpha value is -3.11. The van der Waals surface area contributed by atoms with Gasteiger partial charge in [0.05, 0.1) is 11.1 Å². The van der Waals surface area contributed by atoms with Crippen molar-refractivity contribution in [1.29, 1.82) is 0 Å². The summed E-state index contributed by atoms with van der Waals surface area (Å²) in [6.07, 6.45) is -8.51. The summed E-state index contributed by atoms with van der Waals surface area (Å²) in [7, 11) is 0. The number of rotatable bonds is 3. The summed E-state index contributed by atoms with van der Waals surface area (Å²) in [6.45, 7) is -0.420. The van der Waals surface area contributed by atoms with E-state index in [1.807, 2.05) is 0 Å². The van der Waals surface area contributed by atoms with Crippen LogP contribution >= 0.6 is 0 Å². The van der Waals surface area contributed by atoms with Crippen LogP contribution in [-0.2, 0) is 18.9 Å². The van der Waals surface area contributed by atoms with Gasteiger partial charge < -0.3 is 9.09 Å². The Morgan fingerprint density at radius 2 is 1.48 bits per heavy atom. The van der Waals surface area contributed by atoms with Crippen LogP contribution in [0.2, 0.25) is 0 Å². The maximum Gasteiger partial charge on any atom is 0.417 e. The first kappa shape index (κ1) is 18.7. The minimum Gasteiger partial charge on any atom is -0.337 e. The molecule has 0 unspecified atom stereocenters. The maximum absolute atomic E-state index is 12.7. The molecule has 0 N–H and O–H groups in total. The molecule has 2 aromatic heterocycles. The van der Waals surface area contributed by atoms with Crippen molar-refractivity contribution in [1.82, 2.24) is 14.7 Å². The van der Waals surface area contributed by atoms with E-state index in [-0.39, 0.29) is 17.3 Å². The third-order valence-corrected chi connectivity index (χ3v) is 3.55. The van der Waals surface area contributed by atoms with Crippen molar-refractivity contribution in [3.63, 3.8) is 0 Å². The third-order valence-electron chi connectivity index (χ3n) is 3.55. The predicted octanol–water partition coefficient (Wildman–Crippen LogP) is 3.98. The van der Waals surface area contributed by atoms with Gasteiger partial charge in [-0.1, -0.05) is 17.3 Å². The fourth-order valence-electron chi connectivity index (χ4n) is 2.21. The van der Waals surface area contributed by atoms with Crippen molar-refractivity contribution in [2.24, 2.45) is 0 Å². The molecule has 0 atom stereocenters. The molecule has 0 amide bonds. The van der Waals surface area contributed by atoms with E-state index in [4.69, 9.17) is 4.52 Å². The molecule has 1 aromatic carbocycles. The van der Waals surface area contributed by atoms with Crippen molar-refractivity contribution in [3.05, 3.63) is 70.0 Å². The molecule has 0 radical (unpaired) electrons. The number of hydrogen-bond acceptors (Lipinski definition) is 4. The summed E-state index contributed by atoms with van der Waals surface area (Å²) in [5.41, 5.74) is -2.37. The summed E-state index contributed by atoms with van der Waals surface area (Å²) in [5.74, 6) is -0.231. The van der Waals surface area contributed by atoms with Crippen LogP contribution in [-0.4, -0.2) is 14.7 Å². The largest absolute Gasteiger partial charge is 0.417 e. The van der Waals surface area contributed by atoms with Crippen molar-refractivity contribution in [3.8, 4) is 11.4 Å². The van der Waals surface area contributed by atoms with Gasteiger partial charge in [0, 0.05) is 17.8 Å². The van der Waals surface area contributed by atoms with Gasteiger partial charge in [-0.3, -0.25) is 4.79 Å². The standard InChI is InChI=1S/C16H9F6N3O2/c17-15(18,19)10-3-1-9(2-4-10)14-23-12(27-24-14)8-25-7-11(16(20,21)22)5-6-13(25)26/h1-7H,8H2. The van der Waals surface area contributed by atoms with Gasteiger partial charge in [0.25, 0.3) is 5.56 Å². The number of nitrogens with zero attached hydrogens (tertiary/aromatic N) is 3. The highest BCUT2D eigenvalue weighted by molar-refractivity contribution is 5.54. The van der Waals surface area contributed by atoms with Gasteiger partial charge in [0.2, 0.25) is 11.7 Å². The molecule has 2 heterocycles. The zero-order chi connectivity index (χ0) is 19.8. The topological polar surface area (TPSA) is 60.9 Å². The first-order chi connectivity index (χ1) is 12.5. The van der Waals surface area contributed by atoms with Crippen LogP contribution in [0.15, 0.2) is 51.9 Å². The fraction of sp³-hybridized carbons (Fsp3) is 0.188. The van der Waals surface area contributed by atoms with E-state index < -0.39 is 35.6 Å². The molecule has 0 saturated carbocycles. The normalized spacial score (nSPS) is 12.4. The summed E-state index contributed by atoms with van der Waals surface area (Å²) < 4.78 is 81.5. The highest BCUT2D eigenvalue weighted by atomic mass is 19.4. The Morgan fingerprint density at radius 1 is 0.889 bits per heavy atom. The van der Waals surface area contributed by atoms with E-state index in [1.165, 1.54) is 0 Å². The van der Waals surface area contributed by atoms with Crippen molar-refractivity contribution in [2.75, 3.05) is 0 Å². The van der Waals surface area contributed by atoms with Gasteiger partial charge in [-0.25, -0.2) is 0 Å². The zero-order valence-corrected chi connectivity index (χ0v) is 13.2. The Kier molecular flexibility index (Phi) is 4.54. The molecular weight excluding hydrogens is 380 g/mol. The first-order valence-corrected chi connectivity index (χ1v) is 7.32. The third kappa shape index (κ3) is 4.18. The molecule has 0 spiro atoms. The molecule has 0 fully saturated rings. The molecule has 0 bridgehead atoms. The number of aromatic nitrogens is 3. The zero-order valence-electron chi connectivity index (χ0n) is 13.2. The molecule has 142 valence electrons. The van der Waals surface area contributed by atoms with Crippen LogP contribution in [0.1, 0.15) is 17.0 Å². The maximum atomic E-state index is 12.7. The molecular formula is C16H9F6N3O2. The summed E-state index contributed by atoms with van der Waals surface area (Å²) in [6, 6.07) is 5.35. The quantitative estimate of drug-likeness (QED) is 0.636. The second kappa shape index (κ2) is 6.56. The lowest BCUT2D eigenvalue weighted by atomic mass is 10.1. The van der Waals surface area contributed by atoms with Gasteiger partial charge in [-0.2, -0.15) is 31.3 Å². The SMILES string of the molecule is O=c1ccc(C(F)(F)F)cn1Cc1nc(-c2ccc(C(F)(F)F)cc2)no1. The minimum absolute atomic E-state index is 0.0567. The van der Waals surface area contributed by atoms with Crippen molar-refractivity contribution in [2.45, 2.75) is 18.9 Å². The van der Waals surface area contributed by atoms with Crippen LogP contribution in [0.25, 0.3) is 11.4 Å². The first-order valence-electron chi connectivity index (χ1n) is 7.32. The van der Waals surface area contributed by atoms with E-state index in [1.54, 1.807) is 0 Å². The van der Waals surface area contributed by atoms with Crippen LogP contribution in [0.5, 0.6) is 0 Å². The summed E-state index contributed by atoms with van der Waals surface area (Å²) >= 11 is 0. The number of alkyl halides is 6. The van der Waals surface area contributed by atoms with E-state index in [9.17, 15) is 31.1 Å². The van der Waals surface area contributed by atoms with Crippen LogP contribution in [0.3, 0.4) is 0 Å². The van der Waals surface area contributed by atoms with Gasteiger partial charge in [0.1, 0.15) is 6.54 Å². The van der Waals surface area contributed by atoms with Crippen LogP contribution in [0, 0.1) is 0 Å². The molecule has 0 aliphatic heterocycles. The second-order valence-corrected chi connectivity index (χ2v) is 5.47. The van der Waals surface area contributed by atoms with Crippen LogP contribution in [0.4, 0.5) is 26.3 Å². The number of benzene rings is 1. The van der Waals surface area contributed by atoms with E-state index in [2.05, 4.69) is 10.1 Å². The number of halogens is 6. The van der Waals surface area contributed by atoms with Gasteiger partial charge in [-0.15, -0.1) is 0 Å². The second-order valence-electron chi connectivity index (χ2n) is 5.47. The Bertz CT molecular complexity index is 1000. The van der Waals surface area contributed by atoms with Crippen molar-refractivity contribution >= 4 is 0 Å². The average molecular weight is 389 g/mol. The highest BCUT2D eigenvalue weighted by Gasteiger charge is 2.31. The number of hydrogen-bond donors (Lipinski definition) is 0. The minimum atomic E-state index is -4.63. The lowest BCUT2D eigenvalue weighted by molar-refractivity contribution is -0.138. The molecule has 27 heavy (non-hydrogen) atoms. The number of pyridine rings is 1. The molecule has 0 saturated heterocycles. The lowest BCUT2D eigenvalue weighted by Gasteiger charge is -2.08. The molecule has 11 heteroatoms. The van der Waals surface area contributed by atoms with Gasteiger partial charge in [-0.05, 0) is 18.2 Å². The molecule has 5 nitrogen and oxygen atoms in total. The molecule has 3 aromatic rings. The lowest BCUT2D eigenvalue weighted by Crippen LogP contribution is -2.22. The highest BCUT2D eigenvalue weighted by Crippen LogP contribution is 2.30. The average Bonchev–Trinajstić information content (AvgIpc) is 3.04. The van der Waals surface area contributed by atoms with Crippen LogP contribution < -0.4 is 5.56 Å². The van der Waals surface area contributed by atoms with Gasteiger partial charge >= 0.3 is 12.4 Å². The Balaban J connectivity index is 1.84. The molecule has 0 aliphatic rings. The fourth-order valence-corrected chi connectivity index (χ4v) is 2.21. The molecule has 0 aliphatic carbocycles. The van der Waals surface area contributed by atoms with Gasteiger partial charge in [0.15, 0.2) is 0 Å². The van der Waals surface area contributed by atoms with Crippen molar-refractivity contribution < 1.29 is 30.9 Å². The van der Waals surface area contributed by atoms with E-state index in [0.717, 1.165) is 34.9 Å².